The lowest BCUT2D eigenvalue weighted by molar-refractivity contribution is -0.134. The summed E-state index contributed by atoms with van der Waals surface area (Å²) in [5.41, 5.74) is 1.04. The van der Waals surface area contributed by atoms with E-state index in [-0.39, 0.29) is 35.5 Å². The normalized spacial score (nSPS) is 18.6. The molecule has 3 amide bonds. The standard InChI is InChI=1S/C24H28ClN3O4/c1-17(18-4-6-19(25)7-5-18)23(31)28-13-10-24(16-28)8-11-27(12-9-24)21(29)15-26-22(30)20-3-2-14-32-20/h2-7,14,17H,8-13,15-16H2,1H3,(H,26,30). The Morgan fingerprint density at radius 2 is 1.72 bits per heavy atom. The number of benzene rings is 1. The summed E-state index contributed by atoms with van der Waals surface area (Å²) in [6.07, 6.45) is 4.12. The third-order valence-corrected chi connectivity index (χ3v) is 7.06. The second-order valence-corrected chi connectivity index (χ2v) is 9.26. The van der Waals surface area contributed by atoms with E-state index in [0.29, 0.717) is 18.1 Å². The second kappa shape index (κ2) is 9.36. The van der Waals surface area contributed by atoms with E-state index in [4.69, 9.17) is 16.0 Å². The monoisotopic (exact) mass is 457 g/mol. The fourth-order valence-corrected chi connectivity index (χ4v) is 4.82. The molecule has 2 fully saturated rings. The van der Waals surface area contributed by atoms with Crippen molar-refractivity contribution in [1.82, 2.24) is 15.1 Å². The lowest BCUT2D eigenvalue weighted by Crippen LogP contribution is -2.47. The van der Waals surface area contributed by atoms with Gasteiger partial charge in [0.1, 0.15) is 0 Å². The molecule has 0 radical (unpaired) electrons. The van der Waals surface area contributed by atoms with Gasteiger partial charge in [0.2, 0.25) is 11.8 Å². The molecule has 2 saturated heterocycles. The number of likely N-dealkylation sites (tertiary alicyclic amines) is 2. The molecule has 2 aliphatic heterocycles. The van der Waals surface area contributed by atoms with Crippen LogP contribution in [0, 0.1) is 5.41 Å². The molecule has 1 aromatic heterocycles. The maximum atomic E-state index is 13.1. The SMILES string of the molecule is CC(C(=O)N1CCC2(CCN(C(=O)CNC(=O)c3ccco3)CC2)C1)c1ccc(Cl)cc1. The summed E-state index contributed by atoms with van der Waals surface area (Å²) in [6, 6.07) is 10.6. The fourth-order valence-electron chi connectivity index (χ4n) is 4.69. The Hall–Kier alpha value is -2.80. The lowest BCUT2D eigenvalue weighted by Gasteiger charge is -2.39. The molecule has 4 rings (SSSR count). The molecule has 1 unspecified atom stereocenters. The zero-order chi connectivity index (χ0) is 22.7. The molecule has 1 aromatic carbocycles. The zero-order valence-corrected chi connectivity index (χ0v) is 18.9. The van der Waals surface area contributed by atoms with Crippen LogP contribution in [0.1, 0.15) is 48.2 Å². The van der Waals surface area contributed by atoms with Crippen molar-refractivity contribution in [2.45, 2.75) is 32.1 Å². The third-order valence-electron chi connectivity index (χ3n) is 6.81. The topological polar surface area (TPSA) is 82.9 Å². The van der Waals surface area contributed by atoms with Gasteiger partial charge in [-0.3, -0.25) is 14.4 Å². The molecule has 1 spiro atoms. The van der Waals surface area contributed by atoms with Gasteiger partial charge < -0.3 is 19.5 Å². The van der Waals surface area contributed by atoms with Gasteiger partial charge in [0.15, 0.2) is 5.76 Å². The van der Waals surface area contributed by atoms with Crippen LogP contribution in [-0.2, 0) is 9.59 Å². The van der Waals surface area contributed by atoms with Crippen LogP contribution in [0.3, 0.4) is 0 Å². The maximum Gasteiger partial charge on any atom is 0.287 e. The Bertz CT molecular complexity index is 966. The Morgan fingerprint density at radius 1 is 1.06 bits per heavy atom. The van der Waals surface area contributed by atoms with Crippen LogP contribution in [0.4, 0.5) is 0 Å². The molecule has 8 heteroatoms. The van der Waals surface area contributed by atoms with E-state index >= 15 is 0 Å². The van der Waals surface area contributed by atoms with E-state index in [1.54, 1.807) is 17.0 Å². The first-order valence-electron chi connectivity index (χ1n) is 11.0. The molecule has 2 aromatic rings. The lowest BCUT2D eigenvalue weighted by atomic mass is 9.77. The predicted molar refractivity (Wildman–Crippen MR) is 120 cm³/mol. The van der Waals surface area contributed by atoms with E-state index < -0.39 is 5.91 Å². The van der Waals surface area contributed by atoms with Gasteiger partial charge in [-0.25, -0.2) is 0 Å². The number of carbonyl (C=O) groups excluding carboxylic acids is 3. The molecule has 2 aliphatic rings. The first kappa shape index (κ1) is 22.4. The zero-order valence-electron chi connectivity index (χ0n) is 18.2. The van der Waals surface area contributed by atoms with E-state index in [9.17, 15) is 14.4 Å². The largest absolute Gasteiger partial charge is 0.459 e. The number of nitrogens with zero attached hydrogens (tertiary/aromatic N) is 2. The van der Waals surface area contributed by atoms with Crippen LogP contribution >= 0.6 is 11.6 Å². The van der Waals surface area contributed by atoms with Crippen LogP contribution in [0.25, 0.3) is 0 Å². The van der Waals surface area contributed by atoms with E-state index in [2.05, 4.69) is 5.32 Å². The molecule has 1 N–H and O–H groups in total. The highest BCUT2D eigenvalue weighted by molar-refractivity contribution is 6.30. The van der Waals surface area contributed by atoms with Crippen molar-refractivity contribution in [3.05, 3.63) is 59.0 Å². The van der Waals surface area contributed by atoms with Crippen LogP contribution in [0.5, 0.6) is 0 Å². The highest BCUT2D eigenvalue weighted by Gasteiger charge is 2.43. The van der Waals surface area contributed by atoms with Crippen LogP contribution < -0.4 is 5.32 Å². The van der Waals surface area contributed by atoms with Crippen molar-refractivity contribution in [3.63, 3.8) is 0 Å². The average Bonchev–Trinajstić information content (AvgIpc) is 3.48. The van der Waals surface area contributed by atoms with Gasteiger partial charge in [-0.2, -0.15) is 0 Å². The summed E-state index contributed by atoms with van der Waals surface area (Å²) in [4.78, 5) is 41.3. The number of hydrogen-bond donors (Lipinski definition) is 1. The molecule has 170 valence electrons. The summed E-state index contributed by atoms with van der Waals surface area (Å²) in [5, 5.41) is 3.27. The average molecular weight is 458 g/mol. The van der Waals surface area contributed by atoms with Crippen molar-refractivity contribution < 1.29 is 18.8 Å². The second-order valence-electron chi connectivity index (χ2n) is 8.82. The number of piperidine rings is 1. The van der Waals surface area contributed by atoms with Gasteiger partial charge in [0.05, 0.1) is 18.7 Å². The summed E-state index contributed by atoms with van der Waals surface area (Å²) in [6.45, 7) is 4.67. The smallest absolute Gasteiger partial charge is 0.287 e. The highest BCUT2D eigenvalue weighted by atomic mass is 35.5. The predicted octanol–water partition coefficient (Wildman–Crippen LogP) is 3.31. The molecule has 3 heterocycles. The number of hydrogen-bond acceptors (Lipinski definition) is 4. The minimum absolute atomic E-state index is 0.0459. The maximum absolute atomic E-state index is 13.1. The molecule has 0 aliphatic carbocycles. The number of carbonyl (C=O) groups is 3. The third kappa shape index (κ3) is 4.83. The molecule has 0 bridgehead atoms. The van der Waals surface area contributed by atoms with Gasteiger partial charge in [-0.05, 0) is 61.4 Å². The van der Waals surface area contributed by atoms with Gasteiger partial charge in [0.25, 0.3) is 5.91 Å². The van der Waals surface area contributed by atoms with Crippen molar-refractivity contribution in [1.29, 1.82) is 0 Å². The van der Waals surface area contributed by atoms with Gasteiger partial charge in [0, 0.05) is 31.2 Å². The molecular formula is C24H28ClN3O4. The number of rotatable bonds is 5. The fraction of sp³-hybridized carbons (Fsp3) is 0.458. The summed E-state index contributed by atoms with van der Waals surface area (Å²) >= 11 is 5.96. The molecule has 1 atom stereocenters. The van der Waals surface area contributed by atoms with Gasteiger partial charge in [-0.15, -0.1) is 0 Å². The van der Waals surface area contributed by atoms with Crippen LogP contribution in [0.2, 0.25) is 5.02 Å². The quantitative estimate of drug-likeness (QED) is 0.746. The van der Waals surface area contributed by atoms with Crippen molar-refractivity contribution in [3.8, 4) is 0 Å². The minimum atomic E-state index is -0.392. The van der Waals surface area contributed by atoms with Crippen molar-refractivity contribution in [2.24, 2.45) is 5.41 Å². The Kier molecular flexibility index (Phi) is 6.55. The van der Waals surface area contributed by atoms with Crippen molar-refractivity contribution >= 4 is 29.3 Å². The van der Waals surface area contributed by atoms with Crippen LogP contribution in [0.15, 0.2) is 47.1 Å². The minimum Gasteiger partial charge on any atom is -0.459 e. The highest BCUT2D eigenvalue weighted by Crippen LogP contribution is 2.41. The number of halogens is 1. The number of furan rings is 1. The molecule has 0 saturated carbocycles. The van der Waals surface area contributed by atoms with E-state index in [1.807, 2.05) is 36.1 Å². The Labute approximate surface area is 192 Å². The molecular weight excluding hydrogens is 430 g/mol. The van der Waals surface area contributed by atoms with Gasteiger partial charge in [-0.1, -0.05) is 23.7 Å². The Balaban J connectivity index is 1.26. The summed E-state index contributed by atoms with van der Waals surface area (Å²) in [7, 11) is 0. The summed E-state index contributed by atoms with van der Waals surface area (Å²) in [5.74, 6) is -0.359. The number of amides is 3. The summed E-state index contributed by atoms with van der Waals surface area (Å²) < 4.78 is 5.04. The van der Waals surface area contributed by atoms with Crippen LogP contribution in [-0.4, -0.2) is 60.2 Å². The molecule has 7 nitrogen and oxygen atoms in total. The van der Waals surface area contributed by atoms with Gasteiger partial charge >= 0.3 is 0 Å². The van der Waals surface area contributed by atoms with E-state index in [0.717, 1.165) is 37.9 Å². The van der Waals surface area contributed by atoms with E-state index in [1.165, 1.54) is 6.26 Å². The number of nitrogens with one attached hydrogen (secondary N) is 1. The molecule has 32 heavy (non-hydrogen) atoms. The first-order chi connectivity index (χ1) is 15.4. The van der Waals surface area contributed by atoms with Crippen molar-refractivity contribution in [2.75, 3.05) is 32.7 Å². The first-order valence-corrected chi connectivity index (χ1v) is 11.4. The Morgan fingerprint density at radius 3 is 2.34 bits per heavy atom.